The van der Waals surface area contributed by atoms with Gasteiger partial charge in [-0.1, -0.05) is 18.2 Å². The van der Waals surface area contributed by atoms with Gasteiger partial charge in [-0.05, 0) is 57.0 Å². The zero-order chi connectivity index (χ0) is 23.0. The molecule has 0 radical (unpaired) electrons. The highest BCUT2D eigenvalue weighted by Crippen LogP contribution is 2.45. The monoisotopic (exact) mass is 467 g/mol. The van der Waals surface area contributed by atoms with Crippen molar-refractivity contribution < 1.29 is 31.5 Å². The van der Waals surface area contributed by atoms with Gasteiger partial charge >= 0.3 is 6.09 Å². The first-order chi connectivity index (χ1) is 14.3. The maximum Gasteiger partial charge on any atom is 0.407 e. The molecule has 2 N–H and O–H groups in total. The summed E-state index contributed by atoms with van der Waals surface area (Å²) < 4.78 is 57.1. The Kier molecular flexibility index (Phi) is 6.07. The van der Waals surface area contributed by atoms with Crippen molar-refractivity contribution >= 4 is 25.8 Å². The number of carbonyl (C=O) groups is 1. The smallest absolute Gasteiger partial charge is 0.407 e. The van der Waals surface area contributed by atoms with Gasteiger partial charge in [0.25, 0.3) is 0 Å². The molecular weight excluding hydrogens is 442 g/mol. The Hall–Kier alpha value is -2.59. The number of hydrogen-bond acceptors (Lipinski definition) is 7. The molecule has 10 heteroatoms. The Morgan fingerprint density at radius 2 is 1.81 bits per heavy atom. The summed E-state index contributed by atoms with van der Waals surface area (Å²) in [6.07, 6.45) is -0.634. The van der Waals surface area contributed by atoms with E-state index in [1.165, 1.54) is 24.3 Å². The van der Waals surface area contributed by atoms with E-state index < -0.39 is 42.4 Å². The molecule has 2 aromatic carbocycles. The van der Waals surface area contributed by atoms with E-state index in [9.17, 15) is 26.7 Å². The van der Waals surface area contributed by atoms with Crippen molar-refractivity contribution in [3.63, 3.8) is 0 Å². The quantitative estimate of drug-likeness (QED) is 0.692. The molecule has 0 spiro atoms. The summed E-state index contributed by atoms with van der Waals surface area (Å²) in [6.45, 7) is 5.17. The number of fused-ring (bicyclic) bond motifs is 1. The summed E-state index contributed by atoms with van der Waals surface area (Å²) in [5.41, 5.74) is -0.447. The molecule has 1 atom stereocenters. The van der Waals surface area contributed by atoms with Crippen LogP contribution in [0.25, 0.3) is 0 Å². The van der Waals surface area contributed by atoms with Crippen molar-refractivity contribution in [1.82, 2.24) is 5.32 Å². The highest BCUT2D eigenvalue weighted by molar-refractivity contribution is 7.96. The number of benzene rings is 2. The summed E-state index contributed by atoms with van der Waals surface area (Å²) >= 11 is 0. The van der Waals surface area contributed by atoms with E-state index in [-0.39, 0.29) is 39.6 Å². The lowest BCUT2D eigenvalue weighted by molar-refractivity contribution is 0.0528. The number of ether oxygens (including phenoxy) is 1. The van der Waals surface area contributed by atoms with Crippen molar-refractivity contribution in [3.05, 3.63) is 53.6 Å². The third kappa shape index (κ3) is 4.85. The second-order valence-corrected chi connectivity index (χ2v) is 12.4. The maximum absolute atomic E-state index is 13.3. The minimum Gasteiger partial charge on any atom is -0.508 e. The van der Waals surface area contributed by atoms with Gasteiger partial charge < -0.3 is 15.2 Å². The number of phenols is 1. The van der Waals surface area contributed by atoms with Gasteiger partial charge in [0.2, 0.25) is 0 Å². The first-order valence-electron chi connectivity index (χ1n) is 9.66. The molecule has 0 fully saturated rings. The molecule has 0 saturated heterocycles. The molecule has 2 aromatic rings. The Morgan fingerprint density at radius 1 is 1.16 bits per heavy atom. The van der Waals surface area contributed by atoms with Gasteiger partial charge in [0.15, 0.2) is 19.7 Å². The molecule has 1 aliphatic heterocycles. The number of amides is 1. The number of sulfone groups is 2. The maximum atomic E-state index is 13.3. The average molecular weight is 468 g/mol. The van der Waals surface area contributed by atoms with E-state index in [1.54, 1.807) is 39.0 Å². The van der Waals surface area contributed by atoms with Gasteiger partial charge in [0.1, 0.15) is 16.6 Å². The predicted molar refractivity (Wildman–Crippen MR) is 114 cm³/mol. The normalized spacial score (nSPS) is 17.7. The van der Waals surface area contributed by atoms with Gasteiger partial charge in [-0.25, -0.2) is 21.6 Å². The van der Waals surface area contributed by atoms with E-state index in [0.717, 1.165) is 0 Å². The SMILES string of the molecule is CC(C)(C)OC(=O)NCCc1c(O)ccc2c1C(S(=O)(=O)c1ccccc1)CS2(=O)=O. The van der Waals surface area contributed by atoms with Crippen LogP contribution in [0.5, 0.6) is 5.75 Å². The molecule has 0 aromatic heterocycles. The molecule has 0 bridgehead atoms. The molecule has 0 saturated carbocycles. The summed E-state index contributed by atoms with van der Waals surface area (Å²) in [7, 11) is -7.88. The van der Waals surface area contributed by atoms with Crippen LogP contribution in [0, 0.1) is 0 Å². The van der Waals surface area contributed by atoms with Gasteiger partial charge in [0, 0.05) is 12.1 Å². The number of nitrogens with one attached hydrogen (secondary N) is 1. The van der Waals surface area contributed by atoms with E-state index in [1.807, 2.05) is 0 Å². The molecule has 1 unspecified atom stereocenters. The van der Waals surface area contributed by atoms with Gasteiger partial charge in [-0.2, -0.15) is 0 Å². The lowest BCUT2D eigenvalue weighted by Gasteiger charge is -2.20. The lowest BCUT2D eigenvalue weighted by Crippen LogP contribution is -2.33. The third-order valence-corrected chi connectivity index (χ3v) is 8.90. The van der Waals surface area contributed by atoms with Crippen molar-refractivity contribution in [3.8, 4) is 5.75 Å². The van der Waals surface area contributed by atoms with Crippen molar-refractivity contribution in [2.24, 2.45) is 0 Å². The summed E-state index contributed by atoms with van der Waals surface area (Å²) in [5.74, 6) is -0.828. The molecule has 168 valence electrons. The van der Waals surface area contributed by atoms with Crippen LogP contribution in [0.1, 0.15) is 37.1 Å². The van der Waals surface area contributed by atoms with Crippen LogP contribution in [0.3, 0.4) is 0 Å². The summed E-state index contributed by atoms with van der Waals surface area (Å²) in [5, 5.41) is 11.6. The molecule has 1 aliphatic rings. The van der Waals surface area contributed by atoms with Crippen LogP contribution in [-0.4, -0.2) is 45.9 Å². The second-order valence-electron chi connectivity index (χ2n) is 8.28. The van der Waals surface area contributed by atoms with Crippen molar-refractivity contribution in [1.29, 1.82) is 0 Å². The van der Waals surface area contributed by atoms with Gasteiger partial charge in [0.05, 0.1) is 15.5 Å². The van der Waals surface area contributed by atoms with Crippen LogP contribution < -0.4 is 5.32 Å². The van der Waals surface area contributed by atoms with Gasteiger partial charge in [-0.15, -0.1) is 0 Å². The Balaban J connectivity index is 1.97. The molecular formula is C21H25NO7S2. The Bertz CT molecular complexity index is 1200. The topological polar surface area (TPSA) is 127 Å². The number of alkyl carbamates (subject to hydrolysis) is 1. The van der Waals surface area contributed by atoms with E-state index >= 15 is 0 Å². The van der Waals surface area contributed by atoms with Crippen molar-refractivity contribution in [2.45, 2.75) is 47.8 Å². The number of phenolic OH excluding ortho intramolecular Hbond substituents is 1. The van der Waals surface area contributed by atoms with E-state index in [2.05, 4.69) is 5.32 Å². The first-order valence-corrected chi connectivity index (χ1v) is 12.9. The Morgan fingerprint density at radius 3 is 2.42 bits per heavy atom. The zero-order valence-corrected chi connectivity index (χ0v) is 19.1. The van der Waals surface area contributed by atoms with E-state index in [0.29, 0.717) is 0 Å². The molecule has 1 heterocycles. The standard InChI is InChI=1S/C21H25NO7S2/c1-21(2,3)29-20(24)22-12-11-15-16(23)9-10-17-19(15)18(13-30(17,25)26)31(27,28)14-7-5-4-6-8-14/h4-10,18,23H,11-13H2,1-3H3,(H,22,24). The second kappa shape index (κ2) is 8.16. The lowest BCUT2D eigenvalue weighted by atomic mass is 10.0. The fourth-order valence-electron chi connectivity index (χ4n) is 3.51. The highest BCUT2D eigenvalue weighted by Gasteiger charge is 2.45. The third-order valence-electron chi connectivity index (χ3n) is 4.81. The largest absolute Gasteiger partial charge is 0.508 e. The average Bonchev–Trinajstić information content (AvgIpc) is 2.94. The summed E-state index contributed by atoms with van der Waals surface area (Å²) in [4.78, 5) is 11.8. The fraction of sp³-hybridized carbons (Fsp3) is 0.381. The predicted octanol–water partition coefficient (Wildman–Crippen LogP) is 2.76. The molecule has 1 amide bonds. The zero-order valence-electron chi connectivity index (χ0n) is 17.5. The Labute approximate surface area is 182 Å². The van der Waals surface area contributed by atoms with Crippen molar-refractivity contribution in [2.75, 3.05) is 12.3 Å². The number of carbonyl (C=O) groups excluding carboxylic acids is 1. The van der Waals surface area contributed by atoms with Crippen LogP contribution >= 0.6 is 0 Å². The molecule has 8 nitrogen and oxygen atoms in total. The number of hydrogen-bond donors (Lipinski definition) is 2. The van der Waals surface area contributed by atoms with Gasteiger partial charge in [-0.3, -0.25) is 0 Å². The first kappa shape index (κ1) is 23.1. The minimum absolute atomic E-state index is 0.00391. The minimum atomic E-state index is -4.03. The molecule has 0 aliphatic carbocycles. The van der Waals surface area contributed by atoms with Crippen LogP contribution in [-0.2, 0) is 30.8 Å². The van der Waals surface area contributed by atoms with Crippen LogP contribution in [0.2, 0.25) is 0 Å². The van der Waals surface area contributed by atoms with Crippen LogP contribution in [0.4, 0.5) is 4.79 Å². The number of rotatable bonds is 5. The summed E-state index contributed by atoms with van der Waals surface area (Å²) in [6, 6.07) is 10.1. The molecule has 31 heavy (non-hydrogen) atoms. The highest BCUT2D eigenvalue weighted by atomic mass is 32.2. The molecule has 3 rings (SSSR count). The fourth-order valence-corrected chi connectivity index (χ4v) is 7.91. The van der Waals surface area contributed by atoms with Crippen LogP contribution in [0.15, 0.2) is 52.3 Å². The number of aromatic hydroxyl groups is 1. The van der Waals surface area contributed by atoms with E-state index in [4.69, 9.17) is 4.74 Å².